The Bertz CT molecular complexity index is 385. The largest absolute Gasteiger partial charge is 0.379 e. The van der Waals surface area contributed by atoms with Gasteiger partial charge in [-0.3, -0.25) is 0 Å². The van der Waals surface area contributed by atoms with Crippen molar-refractivity contribution in [2.75, 3.05) is 11.9 Å². The van der Waals surface area contributed by atoms with Gasteiger partial charge >= 0.3 is 0 Å². The van der Waals surface area contributed by atoms with Crippen molar-refractivity contribution in [3.63, 3.8) is 0 Å². The molecule has 1 heterocycles. The van der Waals surface area contributed by atoms with Gasteiger partial charge in [0.15, 0.2) is 0 Å². The van der Waals surface area contributed by atoms with E-state index >= 15 is 0 Å². The zero-order valence-electron chi connectivity index (χ0n) is 6.84. The molecule has 1 aromatic rings. The fourth-order valence-corrected chi connectivity index (χ4v) is 1.56. The van der Waals surface area contributed by atoms with Gasteiger partial charge in [-0.15, -0.1) is 0 Å². The van der Waals surface area contributed by atoms with Crippen molar-refractivity contribution in [3.8, 4) is 0 Å². The molecule has 0 saturated carbocycles. The molecule has 1 aromatic carbocycles. The van der Waals surface area contributed by atoms with Gasteiger partial charge in [0.1, 0.15) is 5.69 Å². The van der Waals surface area contributed by atoms with Crippen LogP contribution >= 0.6 is 11.6 Å². The molecule has 0 spiro atoms. The summed E-state index contributed by atoms with van der Waals surface area (Å²) in [7, 11) is 0. The number of hydrogen-bond acceptors (Lipinski definition) is 3. The second-order valence-electron chi connectivity index (χ2n) is 2.76. The maximum Gasteiger partial charge on any atom is 0.127 e. The molecule has 0 aliphatic carbocycles. The summed E-state index contributed by atoms with van der Waals surface area (Å²) < 4.78 is 0. The summed E-state index contributed by atoms with van der Waals surface area (Å²) in [5, 5.41) is 7.05. The average Bonchev–Trinajstić information content (AvgIpc) is 2.18. The summed E-state index contributed by atoms with van der Waals surface area (Å²) >= 11 is 5.88. The minimum atomic E-state index is 0.511. The number of halogens is 1. The van der Waals surface area contributed by atoms with Gasteiger partial charge in [-0.2, -0.15) is 5.11 Å². The molecule has 2 rings (SSSR count). The molecule has 0 aromatic heterocycles. The first kappa shape index (κ1) is 8.26. The van der Waals surface area contributed by atoms with E-state index < -0.39 is 0 Å². The van der Waals surface area contributed by atoms with Crippen molar-refractivity contribution in [2.24, 2.45) is 5.11 Å². The summed E-state index contributed by atoms with van der Waals surface area (Å²) in [5.41, 5.74) is 9.40. The molecular formula is C9H8ClN3. The highest BCUT2D eigenvalue weighted by atomic mass is 35.5. The minimum Gasteiger partial charge on any atom is -0.379 e. The van der Waals surface area contributed by atoms with Crippen molar-refractivity contribution in [2.45, 2.75) is 0 Å². The maximum atomic E-state index is 7.00. The zero-order chi connectivity index (χ0) is 9.26. The molecule has 0 amide bonds. The smallest absolute Gasteiger partial charge is 0.127 e. The molecule has 1 aliphatic heterocycles. The molecule has 1 aliphatic rings. The third-order valence-electron chi connectivity index (χ3n) is 1.97. The lowest BCUT2D eigenvalue weighted by atomic mass is 10.1. The van der Waals surface area contributed by atoms with E-state index in [-0.39, 0.29) is 0 Å². The lowest BCUT2D eigenvalue weighted by Gasteiger charge is -2.15. The Morgan fingerprint density at radius 1 is 1.46 bits per heavy atom. The SMILES string of the molecule is N=Nc1c(Cl)ccc2c1NCC=C2. The van der Waals surface area contributed by atoms with Crippen LogP contribution in [0.3, 0.4) is 0 Å². The van der Waals surface area contributed by atoms with Gasteiger partial charge in [0.25, 0.3) is 0 Å². The van der Waals surface area contributed by atoms with Crippen molar-refractivity contribution in [1.29, 1.82) is 5.53 Å². The number of hydrogen-bond donors (Lipinski definition) is 2. The predicted molar refractivity (Wildman–Crippen MR) is 53.8 cm³/mol. The van der Waals surface area contributed by atoms with E-state index in [1.807, 2.05) is 18.2 Å². The standard InChI is InChI=1S/C9H8ClN3/c10-7-4-3-6-2-1-5-12-8(6)9(7)13-11/h1-4,11-12H,5H2. The number of nitrogens with zero attached hydrogens (tertiary/aromatic N) is 1. The lowest BCUT2D eigenvalue weighted by Crippen LogP contribution is -2.04. The van der Waals surface area contributed by atoms with Crippen LogP contribution in [0.5, 0.6) is 0 Å². The molecule has 0 atom stereocenters. The summed E-state index contributed by atoms with van der Waals surface area (Å²) in [6.07, 6.45) is 4.01. The van der Waals surface area contributed by atoms with Crippen LogP contribution < -0.4 is 5.32 Å². The molecule has 4 heteroatoms. The average molecular weight is 194 g/mol. The Morgan fingerprint density at radius 3 is 3.08 bits per heavy atom. The molecular weight excluding hydrogens is 186 g/mol. The van der Waals surface area contributed by atoms with Gasteiger partial charge in [0.05, 0.1) is 10.7 Å². The van der Waals surface area contributed by atoms with Crippen molar-refractivity contribution >= 4 is 29.1 Å². The van der Waals surface area contributed by atoms with Crippen molar-refractivity contribution in [3.05, 3.63) is 28.8 Å². The van der Waals surface area contributed by atoms with E-state index in [4.69, 9.17) is 17.1 Å². The number of anilines is 1. The predicted octanol–water partition coefficient (Wildman–Crippen LogP) is 3.44. The second kappa shape index (κ2) is 3.18. The number of nitrogens with one attached hydrogen (secondary N) is 2. The number of rotatable bonds is 1. The topological polar surface area (TPSA) is 48.2 Å². The quantitative estimate of drug-likeness (QED) is 0.660. The van der Waals surface area contributed by atoms with Crippen LogP contribution in [0.25, 0.3) is 6.08 Å². The fraction of sp³-hybridized carbons (Fsp3) is 0.111. The Hall–Kier alpha value is -1.35. The Kier molecular flexibility index (Phi) is 2.02. The first-order valence-corrected chi connectivity index (χ1v) is 4.31. The Labute approximate surface area is 80.9 Å². The number of benzene rings is 1. The van der Waals surface area contributed by atoms with Crippen LogP contribution in [0, 0.1) is 5.53 Å². The zero-order valence-corrected chi connectivity index (χ0v) is 7.60. The van der Waals surface area contributed by atoms with E-state index in [9.17, 15) is 0 Å². The highest BCUT2D eigenvalue weighted by Gasteiger charge is 2.11. The summed E-state index contributed by atoms with van der Waals surface area (Å²) in [6.45, 7) is 0.760. The minimum absolute atomic E-state index is 0.511. The van der Waals surface area contributed by atoms with Gasteiger partial charge in [-0.25, -0.2) is 5.53 Å². The second-order valence-corrected chi connectivity index (χ2v) is 3.16. The highest BCUT2D eigenvalue weighted by Crippen LogP contribution is 2.37. The molecule has 3 nitrogen and oxygen atoms in total. The van der Waals surface area contributed by atoms with E-state index in [1.165, 1.54) is 0 Å². The summed E-state index contributed by atoms with van der Waals surface area (Å²) in [4.78, 5) is 0. The molecule has 0 radical (unpaired) electrons. The molecule has 66 valence electrons. The molecule has 0 fully saturated rings. The van der Waals surface area contributed by atoms with Gasteiger partial charge < -0.3 is 5.32 Å². The third-order valence-corrected chi connectivity index (χ3v) is 2.27. The maximum absolute atomic E-state index is 7.00. The van der Waals surface area contributed by atoms with Gasteiger partial charge in [-0.1, -0.05) is 29.8 Å². The van der Waals surface area contributed by atoms with Crippen LogP contribution in [-0.2, 0) is 0 Å². The molecule has 0 bridgehead atoms. The molecule has 13 heavy (non-hydrogen) atoms. The Balaban J connectivity index is 2.66. The van der Waals surface area contributed by atoms with Crippen LogP contribution in [0.2, 0.25) is 5.02 Å². The normalized spacial score (nSPS) is 13.3. The van der Waals surface area contributed by atoms with E-state index in [1.54, 1.807) is 6.07 Å². The van der Waals surface area contributed by atoms with E-state index in [2.05, 4.69) is 10.4 Å². The first-order valence-electron chi connectivity index (χ1n) is 3.93. The Morgan fingerprint density at radius 2 is 2.31 bits per heavy atom. The first-order chi connectivity index (χ1) is 6.33. The van der Waals surface area contributed by atoms with Crippen LogP contribution in [-0.4, -0.2) is 6.54 Å². The van der Waals surface area contributed by atoms with Crippen LogP contribution in [0.15, 0.2) is 23.3 Å². The summed E-state index contributed by atoms with van der Waals surface area (Å²) in [6, 6.07) is 3.67. The third kappa shape index (κ3) is 1.31. The molecule has 0 unspecified atom stereocenters. The monoisotopic (exact) mass is 193 g/mol. The molecule has 2 N–H and O–H groups in total. The molecule has 0 saturated heterocycles. The van der Waals surface area contributed by atoms with Gasteiger partial charge in [0, 0.05) is 6.54 Å². The van der Waals surface area contributed by atoms with Crippen molar-refractivity contribution in [1.82, 2.24) is 0 Å². The van der Waals surface area contributed by atoms with Gasteiger partial charge in [0.2, 0.25) is 0 Å². The fourth-order valence-electron chi connectivity index (χ4n) is 1.36. The van der Waals surface area contributed by atoms with Crippen LogP contribution in [0.4, 0.5) is 11.4 Å². The number of fused-ring (bicyclic) bond motifs is 1. The van der Waals surface area contributed by atoms with Crippen LogP contribution in [0.1, 0.15) is 5.56 Å². The van der Waals surface area contributed by atoms with E-state index in [0.29, 0.717) is 10.7 Å². The summed E-state index contributed by atoms with van der Waals surface area (Å²) in [5.74, 6) is 0. The highest BCUT2D eigenvalue weighted by molar-refractivity contribution is 6.33. The van der Waals surface area contributed by atoms with Crippen molar-refractivity contribution < 1.29 is 0 Å². The van der Waals surface area contributed by atoms with Gasteiger partial charge in [-0.05, 0) is 11.6 Å². The lowest BCUT2D eigenvalue weighted by molar-refractivity contribution is 1.14. The van der Waals surface area contributed by atoms with E-state index in [0.717, 1.165) is 17.8 Å².